The molecule has 0 saturated heterocycles. The summed E-state index contributed by atoms with van der Waals surface area (Å²) in [5, 5.41) is 5.00. The minimum absolute atomic E-state index is 0.910. The molecule has 0 bridgehead atoms. The van der Waals surface area contributed by atoms with E-state index in [4.69, 9.17) is 4.98 Å². The van der Waals surface area contributed by atoms with Crippen LogP contribution in [0.5, 0.6) is 0 Å². The highest BCUT2D eigenvalue weighted by Crippen LogP contribution is 2.45. The second kappa shape index (κ2) is 14.1. The van der Waals surface area contributed by atoms with Gasteiger partial charge in [0.05, 0.1) is 11.4 Å². The summed E-state index contributed by atoms with van der Waals surface area (Å²) in [4.78, 5) is 5.39. The van der Waals surface area contributed by atoms with Crippen LogP contribution in [0.25, 0.3) is 89.0 Å². The van der Waals surface area contributed by atoms with E-state index >= 15 is 0 Å². The lowest BCUT2D eigenvalue weighted by Crippen LogP contribution is -2.00. The molecule has 0 amide bonds. The highest BCUT2D eigenvalue weighted by Gasteiger charge is 2.23. The summed E-state index contributed by atoms with van der Waals surface area (Å²) < 4.78 is 2.33. The Labute approximate surface area is 322 Å². The first-order valence-corrected chi connectivity index (χ1v) is 19.1. The van der Waals surface area contributed by atoms with Crippen molar-refractivity contribution in [3.8, 4) is 61.8 Å². The number of aromatic nitrogens is 2. The molecular weight excluding hydrogens is 665 g/mol. The lowest BCUT2D eigenvalue weighted by Gasteiger charge is -2.19. The average Bonchev–Trinajstić information content (AvgIpc) is 3.68. The van der Waals surface area contributed by atoms with Crippen LogP contribution in [0.3, 0.4) is 0 Å². The van der Waals surface area contributed by atoms with E-state index in [1.165, 1.54) is 54.9 Å². The van der Waals surface area contributed by atoms with Gasteiger partial charge in [0.1, 0.15) is 5.82 Å². The normalized spacial score (nSPS) is 12.6. The van der Waals surface area contributed by atoms with Gasteiger partial charge < -0.3 is 0 Å². The zero-order chi connectivity index (χ0) is 36.6. The SMILES string of the molecule is C1=CC(c2ccc(-c3c4ccccc4c(-c4ccc(-n5c(-c6ccccc6)nc(-c6ccccc6)c5-c5ccccc5)cc4)c4ccccc34)cc2)=CCC1. The van der Waals surface area contributed by atoms with Crippen LogP contribution in [0.4, 0.5) is 0 Å². The molecule has 2 heteroatoms. The lowest BCUT2D eigenvalue weighted by atomic mass is 9.85. The number of nitrogens with zero attached hydrogens (tertiary/aromatic N) is 2. The van der Waals surface area contributed by atoms with E-state index in [1.807, 2.05) is 0 Å². The molecule has 1 aromatic heterocycles. The molecule has 1 aliphatic carbocycles. The molecule has 1 heterocycles. The molecule has 55 heavy (non-hydrogen) atoms. The van der Waals surface area contributed by atoms with Gasteiger partial charge in [-0.25, -0.2) is 4.98 Å². The van der Waals surface area contributed by atoms with Crippen molar-refractivity contribution in [2.45, 2.75) is 12.8 Å². The van der Waals surface area contributed by atoms with E-state index in [-0.39, 0.29) is 0 Å². The van der Waals surface area contributed by atoms with E-state index in [0.717, 1.165) is 52.4 Å². The molecule has 0 aliphatic heterocycles. The Morgan fingerprint density at radius 2 is 0.836 bits per heavy atom. The molecule has 2 nitrogen and oxygen atoms in total. The number of benzene rings is 8. The van der Waals surface area contributed by atoms with Gasteiger partial charge >= 0.3 is 0 Å². The summed E-state index contributed by atoms with van der Waals surface area (Å²) >= 11 is 0. The molecule has 0 unspecified atom stereocenters. The van der Waals surface area contributed by atoms with Crippen LogP contribution in [0.2, 0.25) is 0 Å². The van der Waals surface area contributed by atoms with Crippen molar-refractivity contribution in [1.82, 2.24) is 9.55 Å². The van der Waals surface area contributed by atoms with Crippen molar-refractivity contribution in [2.24, 2.45) is 0 Å². The van der Waals surface area contributed by atoms with Crippen LogP contribution in [-0.4, -0.2) is 9.55 Å². The second-order valence-electron chi connectivity index (χ2n) is 14.2. The fourth-order valence-electron chi connectivity index (χ4n) is 8.30. The van der Waals surface area contributed by atoms with Crippen molar-refractivity contribution < 1.29 is 0 Å². The van der Waals surface area contributed by atoms with Gasteiger partial charge in [-0.2, -0.15) is 0 Å². The molecule has 0 spiro atoms. The fourth-order valence-corrected chi connectivity index (χ4v) is 8.30. The zero-order valence-corrected chi connectivity index (χ0v) is 30.4. The third-order valence-corrected chi connectivity index (χ3v) is 10.9. The quantitative estimate of drug-likeness (QED) is 0.151. The maximum Gasteiger partial charge on any atom is 0.145 e. The topological polar surface area (TPSA) is 17.8 Å². The lowest BCUT2D eigenvalue weighted by molar-refractivity contribution is 1.04. The molecule has 0 atom stereocenters. The Morgan fingerprint density at radius 3 is 1.35 bits per heavy atom. The maximum atomic E-state index is 5.39. The van der Waals surface area contributed by atoms with E-state index in [9.17, 15) is 0 Å². The Morgan fingerprint density at radius 1 is 0.382 bits per heavy atom. The van der Waals surface area contributed by atoms with Crippen molar-refractivity contribution in [3.63, 3.8) is 0 Å². The molecule has 1 aliphatic rings. The van der Waals surface area contributed by atoms with Crippen LogP contribution in [-0.2, 0) is 0 Å². The predicted molar refractivity (Wildman–Crippen MR) is 232 cm³/mol. The van der Waals surface area contributed by atoms with Gasteiger partial charge in [-0.1, -0.05) is 194 Å². The Bertz CT molecular complexity index is 2800. The third kappa shape index (κ3) is 5.89. The largest absolute Gasteiger partial charge is 0.292 e. The van der Waals surface area contributed by atoms with Gasteiger partial charge in [0.15, 0.2) is 0 Å². The summed E-state index contributed by atoms with van der Waals surface area (Å²) in [5.74, 6) is 0.910. The van der Waals surface area contributed by atoms with E-state index in [2.05, 4.69) is 211 Å². The first kappa shape index (κ1) is 32.6. The molecule has 0 saturated carbocycles. The monoisotopic (exact) mass is 702 g/mol. The molecule has 0 N–H and O–H groups in total. The molecule has 260 valence electrons. The highest BCUT2D eigenvalue weighted by molar-refractivity contribution is 6.21. The third-order valence-electron chi connectivity index (χ3n) is 10.9. The van der Waals surface area contributed by atoms with Crippen LogP contribution in [0, 0.1) is 0 Å². The van der Waals surface area contributed by atoms with E-state index < -0.39 is 0 Å². The van der Waals surface area contributed by atoms with Crippen LogP contribution in [0.15, 0.2) is 206 Å². The maximum absolute atomic E-state index is 5.39. The molecular formula is C53H38N2. The first-order chi connectivity index (χ1) is 27.3. The highest BCUT2D eigenvalue weighted by atomic mass is 15.1. The van der Waals surface area contributed by atoms with E-state index in [1.54, 1.807) is 0 Å². The minimum Gasteiger partial charge on any atom is -0.292 e. The van der Waals surface area contributed by atoms with Gasteiger partial charge in [0.25, 0.3) is 0 Å². The van der Waals surface area contributed by atoms with Crippen molar-refractivity contribution >= 4 is 27.1 Å². The zero-order valence-electron chi connectivity index (χ0n) is 30.4. The summed E-state index contributed by atoms with van der Waals surface area (Å²) in [6.07, 6.45) is 9.10. The summed E-state index contributed by atoms with van der Waals surface area (Å²) in [6.45, 7) is 0. The van der Waals surface area contributed by atoms with Gasteiger partial charge in [0.2, 0.25) is 0 Å². The summed E-state index contributed by atoms with van der Waals surface area (Å²) in [5.41, 5.74) is 13.9. The number of fused-ring (bicyclic) bond motifs is 2. The number of rotatable bonds is 7. The number of imidazole rings is 1. The van der Waals surface area contributed by atoms with Crippen LogP contribution in [0.1, 0.15) is 18.4 Å². The summed E-state index contributed by atoms with van der Waals surface area (Å²) in [7, 11) is 0. The number of allylic oxidation sites excluding steroid dienone is 4. The van der Waals surface area contributed by atoms with Crippen molar-refractivity contribution in [3.05, 3.63) is 212 Å². The van der Waals surface area contributed by atoms with Gasteiger partial charge in [-0.3, -0.25) is 4.57 Å². The summed E-state index contributed by atoms with van der Waals surface area (Å²) in [6, 6.07) is 67.7. The minimum atomic E-state index is 0.910. The molecule has 0 fully saturated rings. The predicted octanol–water partition coefficient (Wildman–Crippen LogP) is 14.2. The van der Waals surface area contributed by atoms with Crippen LogP contribution < -0.4 is 0 Å². The Hall–Kier alpha value is -7.03. The van der Waals surface area contributed by atoms with Gasteiger partial charge in [0, 0.05) is 22.4 Å². The smallest absolute Gasteiger partial charge is 0.145 e. The van der Waals surface area contributed by atoms with Crippen LogP contribution >= 0.6 is 0 Å². The second-order valence-corrected chi connectivity index (χ2v) is 14.2. The van der Waals surface area contributed by atoms with Gasteiger partial charge in [-0.05, 0) is 79.9 Å². The Balaban J connectivity index is 1.15. The van der Waals surface area contributed by atoms with Crippen molar-refractivity contribution in [2.75, 3.05) is 0 Å². The first-order valence-electron chi connectivity index (χ1n) is 19.1. The molecule has 9 aromatic rings. The number of hydrogen-bond acceptors (Lipinski definition) is 1. The average molecular weight is 703 g/mol. The molecule has 8 aromatic carbocycles. The van der Waals surface area contributed by atoms with E-state index in [0.29, 0.717) is 0 Å². The molecule has 0 radical (unpaired) electrons. The number of hydrogen-bond donors (Lipinski definition) is 0. The van der Waals surface area contributed by atoms with Crippen molar-refractivity contribution in [1.29, 1.82) is 0 Å². The molecule has 10 rings (SSSR count). The Kier molecular flexibility index (Phi) is 8.35. The standard InChI is InChI=1S/C53H38N2/c1-5-17-37(18-6-1)38-29-31-39(32-30-38)49-45-25-13-15-27-47(45)50(48-28-16-14-26-46(48)49)40-33-35-44(36-34-40)55-52(42-21-9-3-10-22-42)51(41-19-7-2-8-20-41)54-53(55)43-23-11-4-12-24-43/h2-5,7-36H,1,6H2. The van der Waals surface area contributed by atoms with Gasteiger partial charge in [-0.15, -0.1) is 0 Å². The fraction of sp³-hybridized carbons (Fsp3) is 0.0377.